The first kappa shape index (κ1) is 12.1. The van der Waals surface area contributed by atoms with Crippen LogP contribution in [0.3, 0.4) is 0 Å². The van der Waals surface area contributed by atoms with E-state index >= 15 is 0 Å². The highest BCUT2D eigenvalue weighted by atomic mass is 32.1. The van der Waals surface area contributed by atoms with Crippen LogP contribution < -0.4 is 5.32 Å². The van der Waals surface area contributed by atoms with Gasteiger partial charge in [0.05, 0.1) is 0 Å². The van der Waals surface area contributed by atoms with Gasteiger partial charge in [-0.3, -0.25) is 0 Å². The molecule has 90 valence electrons. The highest BCUT2D eigenvalue weighted by Gasteiger charge is 2.30. The Kier molecular flexibility index (Phi) is 4.42. The van der Waals surface area contributed by atoms with Crippen molar-refractivity contribution in [3.8, 4) is 0 Å². The van der Waals surface area contributed by atoms with Crippen molar-refractivity contribution in [1.29, 1.82) is 0 Å². The van der Waals surface area contributed by atoms with Gasteiger partial charge in [-0.05, 0) is 56.7 Å². The molecule has 1 fully saturated rings. The summed E-state index contributed by atoms with van der Waals surface area (Å²) >= 11 is 2.00. The molecule has 0 amide bonds. The van der Waals surface area contributed by atoms with E-state index < -0.39 is 0 Å². The first-order valence-corrected chi connectivity index (χ1v) is 7.46. The van der Waals surface area contributed by atoms with Gasteiger partial charge in [-0.1, -0.05) is 13.8 Å². The van der Waals surface area contributed by atoms with E-state index in [2.05, 4.69) is 31.3 Å². The molecule has 2 rings (SSSR count). The Hall–Kier alpha value is -0.340. The maximum absolute atomic E-state index is 3.64. The van der Waals surface area contributed by atoms with Gasteiger partial charge in [0.2, 0.25) is 0 Å². The van der Waals surface area contributed by atoms with Crippen molar-refractivity contribution in [3.63, 3.8) is 0 Å². The van der Waals surface area contributed by atoms with Crippen LogP contribution in [-0.2, 0) is 12.8 Å². The number of thiophene rings is 1. The number of hydrogen-bond acceptors (Lipinski definition) is 2. The fourth-order valence-electron chi connectivity index (χ4n) is 2.31. The second-order valence-corrected chi connectivity index (χ2v) is 6.01. The lowest BCUT2D eigenvalue weighted by molar-refractivity contribution is 0.447. The van der Waals surface area contributed by atoms with Crippen molar-refractivity contribution in [2.24, 2.45) is 5.92 Å². The molecule has 1 saturated carbocycles. The number of nitrogens with one attached hydrogen (secondary N) is 1. The molecular weight excluding hydrogens is 214 g/mol. The Morgan fingerprint density at radius 1 is 1.31 bits per heavy atom. The molecule has 1 N–H and O–H groups in total. The van der Waals surface area contributed by atoms with Gasteiger partial charge in [0.25, 0.3) is 0 Å². The average molecular weight is 237 g/mol. The Labute approximate surface area is 103 Å². The lowest BCUT2D eigenvalue weighted by Gasteiger charge is -2.16. The molecule has 1 aromatic heterocycles. The molecule has 1 atom stereocenters. The summed E-state index contributed by atoms with van der Waals surface area (Å²) in [6.07, 6.45) is 6.66. The fraction of sp³-hybridized carbons (Fsp3) is 0.714. The van der Waals surface area contributed by atoms with Crippen LogP contribution in [0.1, 0.15) is 42.9 Å². The summed E-state index contributed by atoms with van der Waals surface area (Å²) in [5, 5.41) is 3.64. The molecule has 1 aliphatic carbocycles. The zero-order chi connectivity index (χ0) is 11.4. The molecule has 1 aromatic rings. The first-order valence-electron chi connectivity index (χ1n) is 6.64. The van der Waals surface area contributed by atoms with Crippen molar-refractivity contribution in [2.75, 3.05) is 6.54 Å². The van der Waals surface area contributed by atoms with Gasteiger partial charge >= 0.3 is 0 Å². The second kappa shape index (κ2) is 5.83. The topological polar surface area (TPSA) is 12.0 Å². The zero-order valence-electron chi connectivity index (χ0n) is 10.5. The van der Waals surface area contributed by atoms with E-state index in [-0.39, 0.29) is 0 Å². The van der Waals surface area contributed by atoms with Crippen LogP contribution in [0, 0.1) is 5.92 Å². The molecule has 1 heterocycles. The summed E-state index contributed by atoms with van der Waals surface area (Å²) in [6.45, 7) is 5.57. The molecule has 1 aliphatic rings. The van der Waals surface area contributed by atoms with Crippen LogP contribution in [0.2, 0.25) is 0 Å². The van der Waals surface area contributed by atoms with Crippen LogP contribution in [0.5, 0.6) is 0 Å². The SMILES string of the molecule is CCNC(CCc1ccc(CC)s1)C1CC1. The molecule has 2 heteroatoms. The van der Waals surface area contributed by atoms with Gasteiger partial charge in [0.1, 0.15) is 0 Å². The lowest BCUT2D eigenvalue weighted by atomic mass is 10.1. The van der Waals surface area contributed by atoms with Gasteiger partial charge in [0.15, 0.2) is 0 Å². The predicted octanol–water partition coefficient (Wildman–Crippen LogP) is 3.63. The Morgan fingerprint density at radius 3 is 2.62 bits per heavy atom. The minimum Gasteiger partial charge on any atom is -0.314 e. The molecule has 0 spiro atoms. The Balaban J connectivity index is 1.80. The summed E-state index contributed by atoms with van der Waals surface area (Å²) in [7, 11) is 0. The molecule has 0 aromatic carbocycles. The molecule has 1 nitrogen and oxygen atoms in total. The average Bonchev–Trinajstić information content (AvgIpc) is 3.03. The van der Waals surface area contributed by atoms with E-state index in [0.717, 1.165) is 18.5 Å². The monoisotopic (exact) mass is 237 g/mol. The van der Waals surface area contributed by atoms with Crippen molar-refractivity contribution in [3.05, 3.63) is 21.9 Å². The van der Waals surface area contributed by atoms with E-state index in [9.17, 15) is 0 Å². The molecule has 0 radical (unpaired) electrons. The second-order valence-electron chi connectivity index (χ2n) is 4.76. The molecule has 1 unspecified atom stereocenters. The highest BCUT2D eigenvalue weighted by Crippen LogP contribution is 2.34. The zero-order valence-corrected chi connectivity index (χ0v) is 11.3. The van der Waals surface area contributed by atoms with Crippen LogP contribution >= 0.6 is 11.3 Å². The molecule has 0 saturated heterocycles. The first-order chi connectivity index (χ1) is 7.83. The maximum atomic E-state index is 3.64. The van der Waals surface area contributed by atoms with E-state index in [1.54, 1.807) is 4.88 Å². The smallest absolute Gasteiger partial charge is 0.00986 e. The van der Waals surface area contributed by atoms with E-state index in [4.69, 9.17) is 0 Å². The number of aryl methyl sites for hydroxylation is 2. The lowest BCUT2D eigenvalue weighted by Crippen LogP contribution is -2.31. The van der Waals surface area contributed by atoms with Crippen LogP contribution in [-0.4, -0.2) is 12.6 Å². The minimum absolute atomic E-state index is 0.775. The fourth-order valence-corrected chi connectivity index (χ4v) is 3.28. The van der Waals surface area contributed by atoms with E-state index in [0.29, 0.717) is 0 Å². The predicted molar refractivity (Wildman–Crippen MR) is 72.2 cm³/mol. The van der Waals surface area contributed by atoms with Crippen molar-refractivity contribution < 1.29 is 0 Å². The van der Waals surface area contributed by atoms with Crippen molar-refractivity contribution in [1.82, 2.24) is 5.32 Å². The van der Waals surface area contributed by atoms with Crippen LogP contribution in [0.15, 0.2) is 12.1 Å². The molecule has 16 heavy (non-hydrogen) atoms. The normalized spacial score (nSPS) is 17.6. The molecule has 0 aliphatic heterocycles. The Bertz CT molecular complexity index is 314. The summed E-state index contributed by atoms with van der Waals surface area (Å²) in [5.74, 6) is 0.977. The Morgan fingerprint density at radius 2 is 2.06 bits per heavy atom. The van der Waals surface area contributed by atoms with E-state index in [1.165, 1.54) is 37.0 Å². The van der Waals surface area contributed by atoms with Crippen molar-refractivity contribution in [2.45, 2.75) is 52.0 Å². The van der Waals surface area contributed by atoms with Crippen LogP contribution in [0.4, 0.5) is 0 Å². The quantitative estimate of drug-likeness (QED) is 0.763. The minimum atomic E-state index is 0.775. The summed E-state index contributed by atoms with van der Waals surface area (Å²) in [4.78, 5) is 3.10. The third kappa shape index (κ3) is 3.33. The summed E-state index contributed by atoms with van der Waals surface area (Å²) < 4.78 is 0. The summed E-state index contributed by atoms with van der Waals surface area (Å²) in [5.41, 5.74) is 0. The molecule has 0 bridgehead atoms. The third-order valence-electron chi connectivity index (χ3n) is 3.42. The summed E-state index contributed by atoms with van der Waals surface area (Å²) in [6, 6.07) is 5.39. The van der Waals surface area contributed by atoms with Gasteiger partial charge in [0, 0.05) is 15.8 Å². The van der Waals surface area contributed by atoms with Gasteiger partial charge < -0.3 is 5.32 Å². The largest absolute Gasteiger partial charge is 0.314 e. The van der Waals surface area contributed by atoms with E-state index in [1.807, 2.05) is 11.3 Å². The molecular formula is C14H23NS. The maximum Gasteiger partial charge on any atom is 0.00986 e. The standard InChI is InChI=1S/C14H23NS/c1-3-12-7-8-13(16-12)9-10-14(15-4-2)11-5-6-11/h7-8,11,14-15H,3-6,9-10H2,1-2H3. The van der Waals surface area contributed by atoms with Gasteiger partial charge in [-0.2, -0.15) is 0 Å². The van der Waals surface area contributed by atoms with Gasteiger partial charge in [-0.15, -0.1) is 11.3 Å². The van der Waals surface area contributed by atoms with Gasteiger partial charge in [-0.25, -0.2) is 0 Å². The van der Waals surface area contributed by atoms with Crippen molar-refractivity contribution >= 4 is 11.3 Å². The third-order valence-corrected chi connectivity index (χ3v) is 4.71. The number of rotatable bonds is 7. The highest BCUT2D eigenvalue weighted by molar-refractivity contribution is 7.11. The number of hydrogen-bond donors (Lipinski definition) is 1. The van der Waals surface area contributed by atoms with Crippen LogP contribution in [0.25, 0.3) is 0 Å².